The Morgan fingerprint density at radius 1 is 1.13 bits per heavy atom. The van der Waals surface area contributed by atoms with E-state index >= 15 is 0 Å². The molecule has 1 N–H and O–H groups in total. The zero-order chi connectivity index (χ0) is 22.0. The number of nitrogens with zero attached hydrogens (tertiary/aromatic N) is 1. The lowest BCUT2D eigenvalue weighted by Crippen LogP contribution is -2.40. The van der Waals surface area contributed by atoms with Crippen molar-refractivity contribution in [3.8, 4) is 11.5 Å². The lowest BCUT2D eigenvalue weighted by atomic mass is 10.1. The summed E-state index contributed by atoms with van der Waals surface area (Å²) in [6.07, 6.45) is 3.49. The van der Waals surface area contributed by atoms with Gasteiger partial charge in [-0.05, 0) is 43.0 Å². The first-order chi connectivity index (χ1) is 14.3. The van der Waals surface area contributed by atoms with Gasteiger partial charge in [0.1, 0.15) is 18.0 Å². The number of hydrogen-bond acceptors (Lipinski definition) is 5. The molecule has 164 valence electrons. The highest BCUT2D eigenvalue weighted by Gasteiger charge is 2.21. The van der Waals surface area contributed by atoms with Crippen molar-refractivity contribution in [2.75, 3.05) is 37.4 Å². The molecule has 0 aliphatic rings. The molecule has 8 heteroatoms. The van der Waals surface area contributed by atoms with Gasteiger partial charge in [0.2, 0.25) is 15.9 Å². The second-order valence-electron chi connectivity index (χ2n) is 6.88. The van der Waals surface area contributed by atoms with E-state index in [-0.39, 0.29) is 12.5 Å². The van der Waals surface area contributed by atoms with Gasteiger partial charge in [0.05, 0.1) is 25.7 Å². The number of amides is 1. The second kappa shape index (κ2) is 11.4. The van der Waals surface area contributed by atoms with Crippen molar-refractivity contribution in [2.24, 2.45) is 0 Å². The molecule has 0 spiro atoms. The van der Waals surface area contributed by atoms with Crippen LogP contribution in [-0.2, 0) is 21.2 Å². The molecule has 0 saturated heterocycles. The Balaban J connectivity index is 1.91. The first-order valence-electron chi connectivity index (χ1n) is 9.94. The zero-order valence-electron chi connectivity index (χ0n) is 17.8. The van der Waals surface area contributed by atoms with Crippen molar-refractivity contribution in [1.82, 2.24) is 5.32 Å². The van der Waals surface area contributed by atoms with Crippen LogP contribution >= 0.6 is 0 Å². The Morgan fingerprint density at radius 3 is 2.60 bits per heavy atom. The molecular formula is C22H30N2O5S. The average Bonchev–Trinajstić information content (AvgIpc) is 2.73. The highest BCUT2D eigenvalue weighted by Crippen LogP contribution is 2.23. The average molecular weight is 435 g/mol. The fraction of sp³-hybridized carbons (Fsp3) is 0.409. The molecule has 0 radical (unpaired) electrons. The number of carbonyl (C=O) groups is 1. The summed E-state index contributed by atoms with van der Waals surface area (Å²) in [4.78, 5) is 12.4. The molecule has 0 aromatic heterocycles. The smallest absolute Gasteiger partial charge is 0.240 e. The third-order valence-corrected chi connectivity index (χ3v) is 5.55. The van der Waals surface area contributed by atoms with Gasteiger partial charge in [-0.25, -0.2) is 8.42 Å². The molecule has 0 saturated carbocycles. The van der Waals surface area contributed by atoms with Crippen LogP contribution in [0.5, 0.6) is 11.5 Å². The fourth-order valence-electron chi connectivity index (χ4n) is 2.92. The number of carbonyl (C=O) groups excluding carboxylic acids is 1. The quantitative estimate of drug-likeness (QED) is 0.519. The van der Waals surface area contributed by atoms with E-state index in [0.717, 1.165) is 41.1 Å². The summed E-state index contributed by atoms with van der Waals surface area (Å²) in [6, 6.07) is 14.5. The molecule has 0 aliphatic heterocycles. The van der Waals surface area contributed by atoms with Gasteiger partial charge >= 0.3 is 0 Å². The van der Waals surface area contributed by atoms with Crippen LogP contribution in [0, 0.1) is 0 Å². The predicted octanol–water partition coefficient (Wildman–Crippen LogP) is 3.00. The third-order valence-electron chi connectivity index (χ3n) is 4.41. The molecule has 2 aromatic carbocycles. The lowest BCUT2D eigenvalue weighted by molar-refractivity contribution is -0.119. The molecule has 0 fully saturated rings. The molecule has 0 heterocycles. The predicted molar refractivity (Wildman–Crippen MR) is 119 cm³/mol. The number of nitrogens with one attached hydrogen (secondary N) is 1. The number of benzene rings is 2. The normalized spacial score (nSPS) is 11.0. The van der Waals surface area contributed by atoms with Gasteiger partial charge in [-0.15, -0.1) is 0 Å². The summed E-state index contributed by atoms with van der Waals surface area (Å²) in [7, 11) is -2.12. The summed E-state index contributed by atoms with van der Waals surface area (Å²) < 4.78 is 36.4. The Morgan fingerprint density at radius 2 is 1.90 bits per heavy atom. The maximum Gasteiger partial charge on any atom is 0.240 e. The van der Waals surface area contributed by atoms with Gasteiger partial charge < -0.3 is 14.8 Å². The maximum atomic E-state index is 12.4. The van der Waals surface area contributed by atoms with Gasteiger partial charge in [-0.1, -0.05) is 31.2 Å². The Kier molecular flexibility index (Phi) is 8.98. The summed E-state index contributed by atoms with van der Waals surface area (Å²) in [5, 5.41) is 2.80. The van der Waals surface area contributed by atoms with Crippen LogP contribution in [0.2, 0.25) is 0 Å². The largest absolute Gasteiger partial charge is 0.497 e. The maximum absolute atomic E-state index is 12.4. The Bertz CT molecular complexity index is 931. The van der Waals surface area contributed by atoms with E-state index in [9.17, 15) is 13.2 Å². The molecule has 2 aromatic rings. The van der Waals surface area contributed by atoms with Crippen LogP contribution in [0.15, 0.2) is 48.5 Å². The molecule has 0 atom stereocenters. The van der Waals surface area contributed by atoms with Crippen LogP contribution in [0.3, 0.4) is 0 Å². The number of rotatable bonds is 12. The zero-order valence-corrected chi connectivity index (χ0v) is 18.6. The van der Waals surface area contributed by atoms with Crippen LogP contribution in [0.1, 0.15) is 25.3 Å². The number of methoxy groups -OCH3 is 1. The molecule has 0 unspecified atom stereocenters. The number of anilines is 1. The third kappa shape index (κ3) is 7.26. The van der Waals surface area contributed by atoms with E-state index < -0.39 is 10.0 Å². The molecule has 30 heavy (non-hydrogen) atoms. The molecular weight excluding hydrogens is 404 g/mol. The van der Waals surface area contributed by atoms with Gasteiger partial charge in [0.25, 0.3) is 0 Å². The summed E-state index contributed by atoms with van der Waals surface area (Å²) in [5.41, 5.74) is 1.48. The highest BCUT2D eigenvalue weighted by molar-refractivity contribution is 7.92. The minimum atomic E-state index is -3.63. The number of sulfonamides is 1. The molecule has 2 rings (SSSR count). The van der Waals surface area contributed by atoms with Crippen LogP contribution in [0.4, 0.5) is 5.69 Å². The highest BCUT2D eigenvalue weighted by atomic mass is 32.2. The SMILES string of the molecule is CCCOc1ccccc1CCCNC(=O)CN(c1cccc(OC)c1)S(C)(=O)=O. The topological polar surface area (TPSA) is 84.9 Å². The minimum Gasteiger partial charge on any atom is -0.497 e. The first-order valence-corrected chi connectivity index (χ1v) is 11.8. The number of hydrogen-bond donors (Lipinski definition) is 1. The minimum absolute atomic E-state index is 0.289. The van der Waals surface area contributed by atoms with E-state index in [1.54, 1.807) is 24.3 Å². The summed E-state index contributed by atoms with van der Waals surface area (Å²) >= 11 is 0. The van der Waals surface area contributed by atoms with Crippen molar-refractivity contribution >= 4 is 21.6 Å². The van der Waals surface area contributed by atoms with E-state index in [0.29, 0.717) is 24.6 Å². The molecule has 0 bridgehead atoms. The van der Waals surface area contributed by atoms with E-state index in [1.165, 1.54) is 7.11 Å². The van der Waals surface area contributed by atoms with Crippen LogP contribution in [-0.4, -0.2) is 47.4 Å². The second-order valence-corrected chi connectivity index (χ2v) is 8.79. The van der Waals surface area contributed by atoms with Crippen LogP contribution < -0.4 is 19.1 Å². The molecule has 1 amide bonds. The lowest BCUT2D eigenvalue weighted by Gasteiger charge is -2.22. The summed E-state index contributed by atoms with van der Waals surface area (Å²) in [5.74, 6) is 1.02. The fourth-order valence-corrected chi connectivity index (χ4v) is 3.77. The monoisotopic (exact) mass is 434 g/mol. The summed E-state index contributed by atoms with van der Waals surface area (Å²) in [6.45, 7) is 2.88. The molecule has 7 nitrogen and oxygen atoms in total. The van der Waals surface area contributed by atoms with E-state index in [2.05, 4.69) is 12.2 Å². The Hall–Kier alpha value is -2.74. The van der Waals surface area contributed by atoms with Crippen molar-refractivity contribution < 1.29 is 22.7 Å². The van der Waals surface area contributed by atoms with Gasteiger partial charge in [-0.2, -0.15) is 0 Å². The Labute approximate surface area is 179 Å². The standard InChI is InChI=1S/C22H30N2O5S/c1-4-15-29-21-13-6-5-9-18(21)10-8-14-23-22(25)17-24(30(3,26)27)19-11-7-12-20(16-19)28-2/h5-7,9,11-13,16H,4,8,10,14-15,17H2,1-3H3,(H,23,25). The van der Waals surface area contributed by atoms with Gasteiger partial charge in [0.15, 0.2) is 0 Å². The number of aryl methyl sites for hydroxylation is 1. The van der Waals surface area contributed by atoms with Crippen molar-refractivity contribution in [3.05, 3.63) is 54.1 Å². The van der Waals surface area contributed by atoms with Crippen molar-refractivity contribution in [2.45, 2.75) is 26.2 Å². The van der Waals surface area contributed by atoms with Gasteiger partial charge in [-0.3, -0.25) is 9.10 Å². The van der Waals surface area contributed by atoms with E-state index in [1.807, 2.05) is 24.3 Å². The van der Waals surface area contributed by atoms with E-state index in [4.69, 9.17) is 9.47 Å². The van der Waals surface area contributed by atoms with Crippen molar-refractivity contribution in [3.63, 3.8) is 0 Å². The number of para-hydroxylation sites is 1. The van der Waals surface area contributed by atoms with Crippen molar-refractivity contribution in [1.29, 1.82) is 0 Å². The van der Waals surface area contributed by atoms with Gasteiger partial charge in [0, 0.05) is 12.6 Å². The number of ether oxygens (including phenoxy) is 2. The first kappa shape index (κ1) is 23.5. The molecule has 0 aliphatic carbocycles. The van der Waals surface area contributed by atoms with Crippen LogP contribution in [0.25, 0.3) is 0 Å².